The second kappa shape index (κ2) is 7.74. The molecule has 138 valence electrons. The SMILES string of the molecule is CS(=O)(=O)N1CCC[C@H](C(=O)Nc2ccc(N3CCCCC3)cc2)C1. The third kappa shape index (κ3) is 4.73. The second-order valence-corrected chi connectivity index (χ2v) is 9.03. The number of carbonyl (C=O) groups is 1. The van der Waals surface area contributed by atoms with Gasteiger partial charge in [-0.15, -0.1) is 0 Å². The average molecular weight is 365 g/mol. The molecule has 0 aliphatic carbocycles. The normalized spacial score (nSPS) is 22.6. The Morgan fingerprint density at radius 1 is 1.04 bits per heavy atom. The maximum absolute atomic E-state index is 12.5. The number of rotatable bonds is 4. The number of carbonyl (C=O) groups excluding carboxylic acids is 1. The molecule has 1 N–H and O–H groups in total. The van der Waals surface area contributed by atoms with E-state index in [9.17, 15) is 13.2 Å². The number of benzene rings is 1. The van der Waals surface area contributed by atoms with Gasteiger partial charge < -0.3 is 10.2 Å². The molecule has 2 aliphatic heterocycles. The van der Waals surface area contributed by atoms with E-state index in [1.807, 2.05) is 24.3 Å². The summed E-state index contributed by atoms with van der Waals surface area (Å²) in [6, 6.07) is 7.95. The molecule has 1 atom stereocenters. The molecule has 2 heterocycles. The lowest BCUT2D eigenvalue weighted by atomic mass is 9.98. The standard InChI is InChI=1S/C18H27N3O3S/c1-25(23,24)21-13-5-6-15(14-21)18(22)19-16-7-9-17(10-8-16)20-11-3-2-4-12-20/h7-10,15H,2-6,11-14H2,1H3,(H,19,22)/t15-/m0/s1. The molecule has 2 fully saturated rings. The molecule has 6 nitrogen and oxygen atoms in total. The topological polar surface area (TPSA) is 69.7 Å². The van der Waals surface area contributed by atoms with E-state index in [0.717, 1.165) is 31.6 Å². The summed E-state index contributed by atoms with van der Waals surface area (Å²) < 4.78 is 24.8. The summed E-state index contributed by atoms with van der Waals surface area (Å²) in [5, 5.41) is 2.93. The lowest BCUT2D eigenvalue weighted by molar-refractivity contribution is -0.120. The summed E-state index contributed by atoms with van der Waals surface area (Å²) in [5.41, 5.74) is 1.96. The summed E-state index contributed by atoms with van der Waals surface area (Å²) in [5.74, 6) is -0.385. The molecule has 1 aromatic rings. The maximum atomic E-state index is 12.5. The summed E-state index contributed by atoms with van der Waals surface area (Å²) >= 11 is 0. The first kappa shape index (κ1) is 18.2. The van der Waals surface area contributed by atoms with Gasteiger partial charge in [-0.2, -0.15) is 0 Å². The van der Waals surface area contributed by atoms with E-state index in [0.29, 0.717) is 6.54 Å². The van der Waals surface area contributed by atoms with Gasteiger partial charge in [-0.3, -0.25) is 4.79 Å². The van der Waals surface area contributed by atoms with E-state index in [1.165, 1.54) is 35.5 Å². The van der Waals surface area contributed by atoms with Crippen LogP contribution in [-0.2, 0) is 14.8 Å². The van der Waals surface area contributed by atoms with Crippen molar-refractivity contribution in [1.82, 2.24) is 4.31 Å². The molecule has 3 rings (SSSR count). The number of piperidine rings is 2. The molecule has 0 unspecified atom stereocenters. The van der Waals surface area contributed by atoms with Gasteiger partial charge in [0, 0.05) is 37.6 Å². The van der Waals surface area contributed by atoms with E-state index < -0.39 is 10.0 Å². The van der Waals surface area contributed by atoms with Gasteiger partial charge in [-0.1, -0.05) is 0 Å². The molecule has 0 bridgehead atoms. The van der Waals surface area contributed by atoms with Gasteiger partial charge in [0.15, 0.2) is 0 Å². The van der Waals surface area contributed by atoms with Crippen molar-refractivity contribution in [3.63, 3.8) is 0 Å². The number of anilines is 2. The number of nitrogens with one attached hydrogen (secondary N) is 1. The van der Waals surface area contributed by atoms with E-state index in [-0.39, 0.29) is 18.4 Å². The van der Waals surface area contributed by atoms with Crippen LogP contribution < -0.4 is 10.2 Å². The van der Waals surface area contributed by atoms with Crippen LogP contribution in [0, 0.1) is 5.92 Å². The zero-order chi connectivity index (χ0) is 17.9. The Morgan fingerprint density at radius 3 is 2.36 bits per heavy atom. The fourth-order valence-electron chi connectivity index (χ4n) is 3.61. The minimum Gasteiger partial charge on any atom is -0.372 e. The van der Waals surface area contributed by atoms with Crippen LogP contribution >= 0.6 is 0 Å². The fraction of sp³-hybridized carbons (Fsp3) is 0.611. The maximum Gasteiger partial charge on any atom is 0.228 e. The Morgan fingerprint density at radius 2 is 1.72 bits per heavy atom. The Balaban J connectivity index is 1.59. The van der Waals surface area contributed by atoms with E-state index in [1.54, 1.807) is 0 Å². The molecule has 7 heteroatoms. The number of hydrogen-bond acceptors (Lipinski definition) is 4. The molecule has 0 saturated carbocycles. The Bertz CT molecular complexity index is 697. The van der Waals surface area contributed by atoms with Gasteiger partial charge in [0.2, 0.25) is 15.9 Å². The van der Waals surface area contributed by atoms with E-state index in [4.69, 9.17) is 0 Å². The zero-order valence-corrected chi connectivity index (χ0v) is 15.6. The molecule has 2 saturated heterocycles. The highest BCUT2D eigenvalue weighted by molar-refractivity contribution is 7.88. The first-order chi connectivity index (χ1) is 11.9. The van der Waals surface area contributed by atoms with Crippen molar-refractivity contribution < 1.29 is 13.2 Å². The third-order valence-electron chi connectivity index (χ3n) is 5.08. The first-order valence-electron chi connectivity index (χ1n) is 9.04. The monoisotopic (exact) mass is 365 g/mol. The highest BCUT2D eigenvalue weighted by Gasteiger charge is 2.30. The van der Waals surface area contributed by atoms with Crippen molar-refractivity contribution in [3.8, 4) is 0 Å². The lowest BCUT2D eigenvalue weighted by Crippen LogP contribution is -2.43. The number of hydrogen-bond donors (Lipinski definition) is 1. The van der Waals surface area contributed by atoms with Crippen LogP contribution in [0.1, 0.15) is 32.1 Å². The zero-order valence-electron chi connectivity index (χ0n) is 14.8. The van der Waals surface area contributed by atoms with Gasteiger partial charge >= 0.3 is 0 Å². The predicted molar refractivity (Wildman–Crippen MR) is 100 cm³/mol. The Hall–Kier alpha value is -1.60. The molecule has 0 aromatic heterocycles. The van der Waals surface area contributed by atoms with Crippen LogP contribution in [0.2, 0.25) is 0 Å². The summed E-state index contributed by atoms with van der Waals surface area (Å²) in [6.45, 7) is 2.97. The molecule has 2 aliphatic rings. The average Bonchev–Trinajstić information content (AvgIpc) is 2.62. The van der Waals surface area contributed by atoms with Crippen LogP contribution in [0.25, 0.3) is 0 Å². The van der Waals surface area contributed by atoms with Crippen LogP contribution in [-0.4, -0.2) is 51.1 Å². The van der Waals surface area contributed by atoms with Crippen molar-refractivity contribution in [3.05, 3.63) is 24.3 Å². The first-order valence-corrected chi connectivity index (χ1v) is 10.9. The highest BCUT2D eigenvalue weighted by Crippen LogP contribution is 2.24. The lowest BCUT2D eigenvalue weighted by Gasteiger charge is -2.30. The second-order valence-electron chi connectivity index (χ2n) is 7.04. The van der Waals surface area contributed by atoms with Crippen molar-refractivity contribution in [2.24, 2.45) is 5.92 Å². The van der Waals surface area contributed by atoms with Crippen molar-refractivity contribution in [1.29, 1.82) is 0 Å². The highest BCUT2D eigenvalue weighted by atomic mass is 32.2. The number of amides is 1. The molecule has 1 aromatic carbocycles. The van der Waals surface area contributed by atoms with Crippen LogP contribution in [0.5, 0.6) is 0 Å². The van der Waals surface area contributed by atoms with Crippen molar-refractivity contribution in [2.45, 2.75) is 32.1 Å². The molecule has 0 radical (unpaired) electrons. The molecule has 0 spiro atoms. The quantitative estimate of drug-likeness (QED) is 0.889. The van der Waals surface area contributed by atoms with E-state index in [2.05, 4.69) is 10.2 Å². The Labute approximate surface area is 150 Å². The summed E-state index contributed by atoms with van der Waals surface area (Å²) in [6.07, 6.45) is 6.42. The Kier molecular flexibility index (Phi) is 5.64. The van der Waals surface area contributed by atoms with Gasteiger partial charge in [0.1, 0.15) is 0 Å². The third-order valence-corrected chi connectivity index (χ3v) is 6.35. The molecule has 1 amide bonds. The van der Waals surface area contributed by atoms with Crippen LogP contribution in [0.4, 0.5) is 11.4 Å². The predicted octanol–water partition coefficient (Wildman–Crippen LogP) is 2.29. The summed E-state index contributed by atoms with van der Waals surface area (Å²) in [7, 11) is -3.24. The largest absolute Gasteiger partial charge is 0.372 e. The fourth-order valence-corrected chi connectivity index (χ4v) is 4.52. The van der Waals surface area contributed by atoms with Gasteiger partial charge in [-0.05, 0) is 56.4 Å². The smallest absolute Gasteiger partial charge is 0.228 e. The molecule has 25 heavy (non-hydrogen) atoms. The van der Waals surface area contributed by atoms with Crippen molar-refractivity contribution in [2.75, 3.05) is 42.7 Å². The van der Waals surface area contributed by atoms with Crippen molar-refractivity contribution >= 4 is 27.3 Å². The van der Waals surface area contributed by atoms with Gasteiger partial charge in [0.05, 0.1) is 12.2 Å². The van der Waals surface area contributed by atoms with Crippen LogP contribution in [0.3, 0.4) is 0 Å². The van der Waals surface area contributed by atoms with E-state index >= 15 is 0 Å². The number of nitrogens with zero attached hydrogens (tertiary/aromatic N) is 2. The van der Waals surface area contributed by atoms with Gasteiger partial charge in [-0.25, -0.2) is 12.7 Å². The van der Waals surface area contributed by atoms with Crippen LogP contribution in [0.15, 0.2) is 24.3 Å². The minimum absolute atomic E-state index is 0.0981. The number of sulfonamides is 1. The molecular weight excluding hydrogens is 338 g/mol. The molecular formula is C18H27N3O3S. The summed E-state index contributed by atoms with van der Waals surface area (Å²) in [4.78, 5) is 14.9. The minimum atomic E-state index is -3.24. The van der Waals surface area contributed by atoms with Gasteiger partial charge in [0.25, 0.3) is 0 Å².